The Morgan fingerprint density at radius 2 is 2.05 bits per heavy atom. The fourth-order valence-electron chi connectivity index (χ4n) is 2.23. The van der Waals surface area contributed by atoms with Crippen LogP contribution in [-0.4, -0.2) is 16.5 Å². The third-order valence-corrected chi connectivity index (χ3v) is 3.53. The van der Waals surface area contributed by atoms with Gasteiger partial charge in [-0.3, -0.25) is 4.79 Å². The van der Waals surface area contributed by atoms with Gasteiger partial charge in [0.15, 0.2) is 0 Å². The van der Waals surface area contributed by atoms with Crippen molar-refractivity contribution in [3.05, 3.63) is 30.5 Å². The zero-order chi connectivity index (χ0) is 14.7. The lowest BCUT2D eigenvalue weighted by molar-refractivity contribution is -0.118. The van der Waals surface area contributed by atoms with Crippen LogP contribution in [-0.2, 0) is 11.3 Å². The van der Waals surface area contributed by atoms with E-state index in [1.54, 1.807) is 0 Å². The third kappa shape index (κ3) is 3.99. The number of nitrogens with two attached hydrogens (primary N) is 1. The first-order chi connectivity index (χ1) is 9.52. The Labute approximate surface area is 132 Å². The Morgan fingerprint density at radius 1 is 1.33 bits per heavy atom. The second kappa shape index (κ2) is 7.48. The van der Waals surface area contributed by atoms with Crippen molar-refractivity contribution in [1.29, 1.82) is 0 Å². The number of anilines is 1. The molecule has 0 aliphatic heterocycles. The van der Waals surface area contributed by atoms with Crippen LogP contribution in [0.1, 0.15) is 27.2 Å². The predicted octanol–water partition coefficient (Wildman–Crippen LogP) is 3.39. The van der Waals surface area contributed by atoms with E-state index in [0.29, 0.717) is 0 Å². The Kier molecular flexibility index (Phi) is 6.24. The molecular weight excluding hydrogens is 286 g/mol. The average molecular weight is 310 g/mol. The third-order valence-electron chi connectivity index (χ3n) is 3.53. The molecule has 4 nitrogen and oxygen atoms in total. The van der Waals surface area contributed by atoms with E-state index in [1.165, 1.54) is 5.39 Å². The number of aromatic nitrogens is 1. The summed E-state index contributed by atoms with van der Waals surface area (Å²) in [4.78, 5) is 12.0. The van der Waals surface area contributed by atoms with E-state index in [-0.39, 0.29) is 24.2 Å². The second-order valence-corrected chi connectivity index (χ2v) is 5.54. The van der Waals surface area contributed by atoms with Crippen molar-refractivity contribution in [2.24, 2.45) is 11.7 Å². The molecule has 1 heterocycles. The topological polar surface area (TPSA) is 60.0 Å². The number of carbonyl (C=O) groups is 1. The van der Waals surface area contributed by atoms with Crippen LogP contribution in [0, 0.1) is 5.92 Å². The van der Waals surface area contributed by atoms with Crippen molar-refractivity contribution in [1.82, 2.24) is 4.57 Å². The van der Waals surface area contributed by atoms with E-state index in [4.69, 9.17) is 5.73 Å². The first kappa shape index (κ1) is 17.5. The highest BCUT2D eigenvalue weighted by Gasteiger charge is 2.17. The van der Waals surface area contributed by atoms with Gasteiger partial charge in [-0.25, -0.2) is 0 Å². The molecule has 0 bridgehead atoms. The van der Waals surface area contributed by atoms with Gasteiger partial charge in [0.1, 0.15) is 0 Å². The van der Waals surface area contributed by atoms with Crippen molar-refractivity contribution in [2.75, 3.05) is 5.32 Å². The molecule has 2 rings (SSSR count). The number of halogens is 1. The van der Waals surface area contributed by atoms with Gasteiger partial charge in [-0.15, -0.1) is 12.4 Å². The minimum Gasteiger partial charge on any atom is -0.347 e. The smallest absolute Gasteiger partial charge is 0.241 e. The lowest BCUT2D eigenvalue weighted by atomic mass is 10.0. The molecule has 116 valence electrons. The minimum atomic E-state index is -0.479. The molecule has 1 amide bonds. The monoisotopic (exact) mass is 309 g/mol. The molecule has 0 saturated heterocycles. The summed E-state index contributed by atoms with van der Waals surface area (Å²) in [6, 6.07) is 7.57. The number of nitrogens with zero attached hydrogens (tertiary/aromatic N) is 1. The standard InChI is InChI=1S/C16H23N3O.ClH/c1-4-8-19-9-7-12-5-6-13(10-14(12)19)18-16(20)15(17)11(2)3;/h5-7,9-11,15H,4,8,17H2,1-3H3,(H,18,20);1H/t15-;/m0./s1. The largest absolute Gasteiger partial charge is 0.347 e. The summed E-state index contributed by atoms with van der Waals surface area (Å²) in [6.07, 6.45) is 3.16. The van der Waals surface area contributed by atoms with Crippen LogP contribution in [0.2, 0.25) is 0 Å². The van der Waals surface area contributed by atoms with Crippen molar-refractivity contribution in [3.63, 3.8) is 0 Å². The number of fused-ring (bicyclic) bond motifs is 1. The van der Waals surface area contributed by atoms with Crippen molar-refractivity contribution in [2.45, 2.75) is 39.8 Å². The Bertz CT molecular complexity index is 607. The van der Waals surface area contributed by atoms with Gasteiger partial charge in [-0.2, -0.15) is 0 Å². The fraction of sp³-hybridized carbons (Fsp3) is 0.438. The maximum atomic E-state index is 12.0. The quantitative estimate of drug-likeness (QED) is 0.889. The van der Waals surface area contributed by atoms with Crippen molar-refractivity contribution < 1.29 is 4.79 Å². The summed E-state index contributed by atoms with van der Waals surface area (Å²) in [5.74, 6) is -0.00404. The van der Waals surface area contributed by atoms with E-state index >= 15 is 0 Å². The number of carbonyl (C=O) groups excluding carboxylic acids is 1. The summed E-state index contributed by atoms with van der Waals surface area (Å²) < 4.78 is 2.20. The van der Waals surface area contributed by atoms with Crippen LogP contribution in [0.15, 0.2) is 30.5 Å². The van der Waals surface area contributed by atoms with Crippen LogP contribution in [0.5, 0.6) is 0 Å². The van der Waals surface area contributed by atoms with E-state index < -0.39 is 6.04 Å². The Hall–Kier alpha value is -1.52. The van der Waals surface area contributed by atoms with Gasteiger partial charge in [0.05, 0.1) is 11.6 Å². The number of rotatable bonds is 5. The molecule has 0 aliphatic carbocycles. The van der Waals surface area contributed by atoms with Crippen LogP contribution < -0.4 is 11.1 Å². The normalized spacial score (nSPS) is 12.2. The molecule has 0 fully saturated rings. The van der Waals surface area contributed by atoms with Crippen LogP contribution in [0.3, 0.4) is 0 Å². The Morgan fingerprint density at radius 3 is 2.67 bits per heavy atom. The van der Waals surface area contributed by atoms with Crippen LogP contribution in [0.25, 0.3) is 10.9 Å². The van der Waals surface area contributed by atoms with Gasteiger partial charge in [0.25, 0.3) is 0 Å². The molecule has 0 radical (unpaired) electrons. The molecule has 3 N–H and O–H groups in total. The maximum absolute atomic E-state index is 12.0. The first-order valence-electron chi connectivity index (χ1n) is 7.18. The molecule has 0 saturated carbocycles. The van der Waals surface area contributed by atoms with Crippen molar-refractivity contribution in [3.8, 4) is 0 Å². The highest BCUT2D eigenvalue weighted by molar-refractivity contribution is 5.96. The lowest BCUT2D eigenvalue weighted by Gasteiger charge is -2.15. The number of nitrogens with one attached hydrogen (secondary N) is 1. The van der Waals surface area contributed by atoms with Gasteiger partial charge in [-0.05, 0) is 35.9 Å². The molecule has 0 spiro atoms. The van der Waals surface area contributed by atoms with Gasteiger partial charge < -0.3 is 15.6 Å². The van der Waals surface area contributed by atoms with Gasteiger partial charge in [0.2, 0.25) is 5.91 Å². The summed E-state index contributed by atoms with van der Waals surface area (Å²) >= 11 is 0. The first-order valence-corrected chi connectivity index (χ1v) is 7.18. The highest BCUT2D eigenvalue weighted by Crippen LogP contribution is 2.21. The number of aryl methyl sites for hydroxylation is 1. The van der Waals surface area contributed by atoms with Crippen LogP contribution >= 0.6 is 12.4 Å². The molecule has 0 unspecified atom stereocenters. The fourth-order valence-corrected chi connectivity index (χ4v) is 2.23. The van der Waals surface area contributed by atoms with Gasteiger partial charge in [0, 0.05) is 18.4 Å². The second-order valence-electron chi connectivity index (χ2n) is 5.54. The molecule has 1 aromatic carbocycles. The molecular formula is C16H24ClN3O. The summed E-state index contributed by atoms with van der Waals surface area (Å²) in [5, 5.41) is 4.08. The molecule has 0 aliphatic rings. The van der Waals surface area contributed by atoms with E-state index in [0.717, 1.165) is 24.2 Å². The zero-order valence-electron chi connectivity index (χ0n) is 12.8. The Balaban J connectivity index is 0.00000220. The summed E-state index contributed by atoms with van der Waals surface area (Å²) in [6.45, 7) is 7.02. The predicted molar refractivity (Wildman–Crippen MR) is 90.9 cm³/mol. The average Bonchev–Trinajstić information content (AvgIpc) is 2.81. The van der Waals surface area contributed by atoms with E-state index in [1.807, 2.05) is 32.0 Å². The number of hydrogen-bond acceptors (Lipinski definition) is 2. The maximum Gasteiger partial charge on any atom is 0.241 e. The summed E-state index contributed by atoms with van der Waals surface area (Å²) in [7, 11) is 0. The van der Waals surface area contributed by atoms with Crippen molar-refractivity contribution >= 4 is 34.9 Å². The SMILES string of the molecule is CCCn1ccc2ccc(NC(=O)[C@@H](N)C(C)C)cc21.Cl. The molecule has 2 aromatic rings. The zero-order valence-corrected chi connectivity index (χ0v) is 13.6. The van der Waals surface area contributed by atoms with Gasteiger partial charge in [-0.1, -0.05) is 26.8 Å². The molecule has 21 heavy (non-hydrogen) atoms. The number of hydrogen-bond donors (Lipinski definition) is 2. The number of benzene rings is 1. The molecule has 1 aromatic heterocycles. The number of amides is 1. The molecule has 5 heteroatoms. The lowest BCUT2D eigenvalue weighted by Crippen LogP contribution is -2.39. The molecule has 1 atom stereocenters. The van der Waals surface area contributed by atoms with Crippen LogP contribution in [0.4, 0.5) is 5.69 Å². The minimum absolute atomic E-state index is 0. The van der Waals surface area contributed by atoms with E-state index in [2.05, 4.69) is 29.1 Å². The van der Waals surface area contributed by atoms with Gasteiger partial charge >= 0.3 is 0 Å². The van der Waals surface area contributed by atoms with E-state index in [9.17, 15) is 4.79 Å². The highest BCUT2D eigenvalue weighted by atomic mass is 35.5. The summed E-state index contributed by atoms with van der Waals surface area (Å²) in [5.41, 5.74) is 7.80.